The lowest BCUT2D eigenvalue weighted by molar-refractivity contribution is 0.422. The predicted octanol–water partition coefficient (Wildman–Crippen LogP) is 3.61. The molecule has 3 aromatic rings. The molecular weight excluding hydrogens is 317 g/mol. The first-order chi connectivity index (χ1) is 11.2. The molecule has 4 rings (SSSR count). The number of tetrazole rings is 1. The van der Waals surface area contributed by atoms with E-state index in [1.54, 1.807) is 10.7 Å². The molecule has 0 spiro atoms. The summed E-state index contributed by atoms with van der Waals surface area (Å²) in [5.41, 5.74) is 1.93. The highest BCUT2D eigenvalue weighted by molar-refractivity contribution is 6.30. The average molecular weight is 330 g/mol. The summed E-state index contributed by atoms with van der Waals surface area (Å²) in [5, 5.41) is 15.8. The maximum atomic E-state index is 13.6. The van der Waals surface area contributed by atoms with Crippen molar-refractivity contribution in [2.45, 2.75) is 18.5 Å². The molecule has 0 bridgehead atoms. The number of nitrogens with one attached hydrogen (secondary N) is 1. The van der Waals surface area contributed by atoms with Gasteiger partial charge in [-0.3, -0.25) is 0 Å². The van der Waals surface area contributed by atoms with E-state index in [-0.39, 0.29) is 17.9 Å². The highest BCUT2D eigenvalue weighted by Gasteiger charge is 2.30. The monoisotopic (exact) mass is 329 g/mol. The van der Waals surface area contributed by atoms with Crippen LogP contribution >= 0.6 is 11.6 Å². The lowest BCUT2D eigenvalue weighted by atomic mass is 9.93. The van der Waals surface area contributed by atoms with Gasteiger partial charge in [0.2, 0.25) is 5.95 Å². The minimum absolute atomic E-state index is 0.0269. The van der Waals surface area contributed by atoms with Crippen LogP contribution in [0.3, 0.4) is 0 Å². The molecule has 2 heterocycles. The topological polar surface area (TPSA) is 55.6 Å². The number of rotatable bonds is 2. The van der Waals surface area contributed by atoms with Gasteiger partial charge in [-0.1, -0.05) is 41.0 Å². The van der Waals surface area contributed by atoms with Crippen molar-refractivity contribution < 1.29 is 4.39 Å². The second kappa shape index (κ2) is 5.62. The molecule has 0 unspecified atom stereocenters. The zero-order valence-corrected chi connectivity index (χ0v) is 12.8. The Morgan fingerprint density at radius 3 is 2.74 bits per heavy atom. The zero-order chi connectivity index (χ0) is 15.8. The molecule has 2 aromatic carbocycles. The molecule has 1 aromatic heterocycles. The summed E-state index contributed by atoms with van der Waals surface area (Å²) in [4.78, 5) is 0. The SMILES string of the molecule is Fc1cccc([C@H]2C[C@H](c3ccc(Cl)cc3)Nc3nnnn32)c1. The van der Waals surface area contributed by atoms with E-state index in [1.807, 2.05) is 30.3 Å². The van der Waals surface area contributed by atoms with Crippen molar-refractivity contribution in [1.29, 1.82) is 0 Å². The van der Waals surface area contributed by atoms with Crippen LogP contribution in [0, 0.1) is 5.82 Å². The smallest absolute Gasteiger partial charge is 0.243 e. The molecule has 1 aliphatic heterocycles. The number of fused-ring (bicyclic) bond motifs is 1. The van der Waals surface area contributed by atoms with Crippen molar-refractivity contribution in [2.75, 3.05) is 5.32 Å². The molecular formula is C16H13ClFN5. The van der Waals surface area contributed by atoms with E-state index < -0.39 is 0 Å². The normalized spacial score (nSPS) is 19.9. The third kappa shape index (κ3) is 2.66. The van der Waals surface area contributed by atoms with E-state index in [4.69, 9.17) is 11.6 Å². The second-order valence-electron chi connectivity index (χ2n) is 5.50. The zero-order valence-electron chi connectivity index (χ0n) is 12.0. The van der Waals surface area contributed by atoms with Gasteiger partial charge in [0.15, 0.2) is 0 Å². The number of anilines is 1. The number of hydrogen-bond acceptors (Lipinski definition) is 4. The maximum Gasteiger partial charge on any atom is 0.243 e. The Kier molecular flexibility index (Phi) is 3.46. The first-order valence-corrected chi connectivity index (χ1v) is 7.64. The van der Waals surface area contributed by atoms with Gasteiger partial charge in [0.25, 0.3) is 0 Å². The predicted molar refractivity (Wildman–Crippen MR) is 84.8 cm³/mol. The summed E-state index contributed by atoms with van der Waals surface area (Å²) in [5.74, 6) is 0.309. The highest BCUT2D eigenvalue weighted by Crippen LogP contribution is 2.37. The number of aromatic nitrogens is 4. The summed E-state index contributed by atoms with van der Waals surface area (Å²) < 4.78 is 15.3. The Morgan fingerprint density at radius 2 is 1.96 bits per heavy atom. The third-order valence-corrected chi connectivity index (χ3v) is 4.31. The lowest BCUT2D eigenvalue weighted by Gasteiger charge is -2.31. The first-order valence-electron chi connectivity index (χ1n) is 7.26. The number of halogens is 2. The Hall–Kier alpha value is -2.47. The summed E-state index contributed by atoms with van der Waals surface area (Å²) in [6.45, 7) is 0. The van der Waals surface area contributed by atoms with Crippen LogP contribution in [0.2, 0.25) is 5.02 Å². The van der Waals surface area contributed by atoms with Gasteiger partial charge >= 0.3 is 0 Å². The van der Waals surface area contributed by atoms with Crippen molar-refractivity contribution in [1.82, 2.24) is 20.2 Å². The van der Waals surface area contributed by atoms with Crippen molar-refractivity contribution in [3.8, 4) is 0 Å². The van der Waals surface area contributed by atoms with E-state index in [9.17, 15) is 4.39 Å². The van der Waals surface area contributed by atoms with Crippen LogP contribution in [-0.2, 0) is 0 Å². The fraction of sp³-hybridized carbons (Fsp3) is 0.188. The molecule has 0 radical (unpaired) electrons. The van der Waals surface area contributed by atoms with Crippen LogP contribution in [0.1, 0.15) is 29.6 Å². The average Bonchev–Trinajstić information content (AvgIpc) is 3.03. The molecule has 0 fully saturated rings. The molecule has 1 N–H and O–H groups in total. The van der Waals surface area contributed by atoms with Gasteiger partial charge in [0.1, 0.15) is 5.82 Å². The Bertz CT molecular complexity index is 832. The first kappa shape index (κ1) is 14.1. The number of nitrogens with zero attached hydrogens (tertiary/aromatic N) is 4. The van der Waals surface area contributed by atoms with Crippen LogP contribution in [0.25, 0.3) is 0 Å². The molecule has 1 aliphatic rings. The molecule has 7 heteroatoms. The minimum Gasteiger partial charge on any atom is -0.346 e. The summed E-state index contributed by atoms with van der Waals surface area (Å²) >= 11 is 5.96. The van der Waals surface area contributed by atoms with E-state index in [1.165, 1.54) is 12.1 Å². The van der Waals surface area contributed by atoms with Gasteiger partial charge in [0.05, 0.1) is 12.1 Å². The summed E-state index contributed by atoms with van der Waals surface area (Å²) in [7, 11) is 0. The van der Waals surface area contributed by atoms with Crippen molar-refractivity contribution in [2.24, 2.45) is 0 Å². The van der Waals surface area contributed by atoms with Crippen LogP contribution in [0.4, 0.5) is 10.3 Å². The largest absolute Gasteiger partial charge is 0.346 e. The molecule has 0 saturated heterocycles. The fourth-order valence-corrected chi connectivity index (χ4v) is 3.07. The number of benzene rings is 2. The molecule has 116 valence electrons. The van der Waals surface area contributed by atoms with E-state index in [0.29, 0.717) is 17.4 Å². The molecule has 5 nitrogen and oxygen atoms in total. The quantitative estimate of drug-likeness (QED) is 0.780. The third-order valence-electron chi connectivity index (χ3n) is 4.06. The maximum absolute atomic E-state index is 13.6. The lowest BCUT2D eigenvalue weighted by Crippen LogP contribution is -2.28. The number of hydrogen-bond donors (Lipinski definition) is 1. The van der Waals surface area contributed by atoms with Crippen LogP contribution < -0.4 is 5.32 Å². The molecule has 0 amide bonds. The summed E-state index contributed by atoms with van der Waals surface area (Å²) in [6.07, 6.45) is 0.711. The van der Waals surface area contributed by atoms with Gasteiger partial charge in [-0.15, -0.1) is 0 Å². The van der Waals surface area contributed by atoms with Crippen molar-refractivity contribution in [3.63, 3.8) is 0 Å². The van der Waals surface area contributed by atoms with E-state index >= 15 is 0 Å². The Balaban J connectivity index is 1.73. The second-order valence-corrected chi connectivity index (χ2v) is 5.94. The fourth-order valence-electron chi connectivity index (χ4n) is 2.94. The van der Waals surface area contributed by atoms with Gasteiger partial charge in [0, 0.05) is 5.02 Å². The molecule has 2 atom stereocenters. The highest BCUT2D eigenvalue weighted by atomic mass is 35.5. The minimum atomic E-state index is -0.265. The van der Waals surface area contributed by atoms with Gasteiger partial charge < -0.3 is 5.32 Å². The molecule has 0 saturated carbocycles. The summed E-state index contributed by atoms with van der Waals surface area (Å²) in [6, 6.07) is 14.1. The van der Waals surface area contributed by atoms with Crippen LogP contribution in [-0.4, -0.2) is 20.2 Å². The van der Waals surface area contributed by atoms with Crippen molar-refractivity contribution in [3.05, 3.63) is 70.5 Å². The van der Waals surface area contributed by atoms with Crippen LogP contribution in [0.15, 0.2) is 48.5 Å². The Labute approximate surface area is 137 Å². The standard InChI is InChI=1S/C16H13ClFN5/c17-12-6-4-10(5-7-12)14-9-15(11-2-1-3-13(18)8-11)23-16(19-14)20-21-22-23/h1-8,14-15H,9H2,(H,19,20,22)/t14-,15-/m1/s1. The van der Waals surface area contributed by atoms with Crippen LogP contribution in [0.5, 0.6) is 0 Å². The van der Waals surface area contributed by atoms with E-state index in [2.05, 4.69) is 20.8 Å². The van der Waals surface area contributed by atoms with E-state index in [0.717, 1.165) is 11.1 Å². The molecule has 0 aliphatic carbocycles. The van der Waals surface area contributed by atoms with Gasteiger partial charge in [-0.2, -0.15) is 0 Å². The Morgan fingerprint density at radius 1 is 1.13 bits per heavy atom. The van der Waals surface area contributed by atoms with Crippen molar-refractivity contribution >= 4 is 17.5 Å². The molecule has 23 heavy (non-hydrogen) atoms. The van der Waals surface area contributed by atoms with Gasteiger partial charge in [-0.25, -0.2) is 9.07 Å². The van der Waals surface area contributed by atoms with Gasteiger partial charge in [-0.05, 0) is 52.2 Å².